The van der Waals surface area contributed by atoms with Gasteiger partial charge in [0, 0.05) is 6.07 Å². The van der Waals surface area contributed by atoms with Gasteiger partial charge >= 0.3 is 0 Å². The highest BCUT2D eigenvalue weighted by molar-refractivity contribution is 5.22. The monoisotopic (exact) mass is 169 g/mol. The zero-order chi connectivity index (χ0) is 8.97. The Labute approximate surface area is 69.8 Å². The number of rotatable bonds is 3. The molecule has 0 aliphatic heterocycles. The molecule has 1 rings (SSSR count). The van der Waals surface area contributed by atoms with E-state index in [9.17, 15) is 9.90 Å². The van der Waals surface area contributed by atoms with Crippen molar-refractivity contribution < 1.29 is 9.52 Å². The molecule has 0 saturated heterocycles. The fourth-order valence-corrected chi connectivity index (χ4v) is 0.814. The summed E-state index contributed by atoms with van der Waals surface area (Å²) in [5.41, 5.74) is -0.408. The molecule has 4 nitrogen and oxygen atoms in total. The Morgan fingerprint density at radius 1 is 1.67 bits per heavy atom. The van der Waals surface area contributed by atoms with Crippen molar-refractivity contribution in [2.45, 2.75) is 13.5 Å². The standard InChI is InChI=1S/C8H11NO3/c1-2-9-5-7-8(11)6(10)3-4-12-7/h3-4,9,11H,2,5H2,1H3. The van der Waals surface area contributed by atoms with Crippen molar-refractivity contribution in [2.75, 3.05) is 6.54 Å². The molecule has 1 heterocycles. The SMILES string of the molecule is CCNCc1occc(=O)c1O. The van der Waals surface area contributed by atoms with Crippen molar-refractivity contribution in [1.82, 2.24) is 5.32 Å². The highest BCUT2D eigenvalue weighted by Crippen LogP contribution is 2.08. The second-order valence-electron chi connectivity index (χ2n) is 2.34. The normalized spacial score (nSPS) is 10.1. The topological polar surface area (TPSA) is 62.5 Å². The Bertz CT molecular complexity index is 305. The van der Waals surface area contributed by atoms with Crippen LogP contribution in [0, 0.1) is 0 Å². The van der Waals surface area contributed by atoms with Crippen LogP contribution in [0.4, 0.5) is 0 Å². The molecular formula is C8H11NO3. The molecule has 0 radical (unpaired) electrons. The van der Waals surface area contributed by atoms with Gasteiger partial charge in [0.05, 0.1) is 12.8 Å². The summed E-state index contributed by atoms with van der Waals surface area (Å²) in [4.78, 5) is 10.9. The molecule has 1 aromatic heterocycles. The van der Waals surface area contributed by atoms with Gasteiger partial charge in [-0.25, -0.2) is 0 Å². The Morgan fingerprint density at radius 2 is 2.42 bits per heavy atom. The molecule has 2 N–H and O–H groups in total. The van der Waals surface area contributed by atoms with Gasteiger partial charge in [0.2, 0.25) is 11.2 Å². The molecule has 1 aromatic rings. The van der Waals surface area contributed by atoms with Gasteiger partial charge in [-0.1, -0.05) is 6.92 Å². The number of aromatic hydroxyl groups is 1. The van der Waals surface area contributed by atoms with E-state index in [2.05, 4.69) is 5.32 Å². The zero-order valence-corrected chi connectivity index (χ0v) is 6.83. The number of nitrogens with one attached hydrogen (secondary N) is 1. The van der Waals surface area contributed by atoms with Gasteiger partial charge in [-0.15, -0.1) is 0 Å². The summed E-state index contributed by atoms with van der Waals surface area (Å²) >= 11 is 0. The van der Waals surface area contributed by atoms with E-state index in [1.54, 1.807) is 0 Å². The Morgan fingerprint density at radius 3 is 3.08 bits per heavy atom. The van der Waals surface area contributed by atoms with E-state index in [1.165, 1.54) is 12.3 Å². The van der Waals surface area contributed by atoms with Gasteiger partial charge in [0.15, 0.2) is 5.76 Å². The van der Waals surface area contributed by atoms with Crippen LogP contribution in [0.2, 0.25) is 0 Å². The van der Waals surface area contributed by atoms with Gasteiger partial charge in [-0.05, 0) is 6.54 Å². The lowest BCUT2D eigenvalue weighted by Crippen LogP contribution is -2.13. The van der Waals surface area contributed by atoms with E-state index < -0.39 is 5.43 Å². The van der Waals surface area contributed by atoms with Crippen LogP contribution in [0.15, 0.2) is 21.5 Å². The minimum absolute atomic E-state index is 0.282. The maximum absolute atomic E-state index is 10.9. The molecule has 0 spiro atoms. The maximum atomic E-state index is 10.9. The fraction of sp³-hybridized carbons (Fsp3) is 0.375. The molecule has 0 aliphatic carbocycles. The van der Waals surface area contributed by atoms with Crippen LogP contribution < -0.4 is 10.7 Å². The lowest BCUT2D eigenvalue weighted by Gasteiger charge is -2.01. The Kier molecular flexibility index (Phi) is 2.88. The highest BCUT2D eigenvalue weighted by Gasteiger charge is 2.05. The quantitative estimate of drug-likeness (QED) is 0.689. The van der Waals surface area contributed by atoms with Crippen LogP contribution in [0.3, 0.4) is 0 Å². The van der Waals surface area contributed by atoms with Crippen molar-refractivity contribution in [1.29, 1.82) is 0 Å². The van der Waals surface area contributed by atoms with Gasteiger partial charge < -0.3 is 14.8 Å². The van der Waals surface area contributed by atoms with Crippen LogP contribution in [-0.2, 0) is 6.54 Å². The minimum Gasteiger partial charge on any atom is -0.502 e. The molecule has 0 aliphatic rings. The van der Waals surface area contributed by atoms with E-state index >= 15 is 0 Å². The van der Waals surface area contributed by atoms with E-state index in [0.29, 0.717) is 6.54 Å². The summed E-state index contributed by atoms with van der Waals surface area (Å²) in [5, 5.41) is 12.1. The van der Waals surface area contributed by atoms with Crippen LogP contribution in [0.25, 0.3) is 0 Å². The Balaban J connectivity index is 2.85. The third-order valence-corrected chi connectivity index (χ3v) is 1.46. The van der Waals surface area contributed by atoms with Crippen molar-refractivity contribution in [3.8, 4) is 5.75 Å². The third-order valence-electron chi connectivity index (χ3n) is 1.46. The van der Waals surface area contributed by atoms with E-state index in [0.717, 1.165) is 6.54 Å². The van der Waals surface area contributed by atoms with Gasteiger partial charge in [0.1, 0.15) is 0 Å². The third kappa shape index (κ3) is 1.85. The zero-order valence-electron chi connectivity index (χ0n) is 6.83. The van der Waals surface area contributed by atoms with Gasteiger partial charge in [-0.2, -0.15) is 0 Å². The first kappa shape index (κ1) is 8.80. The predicted octanol–water partition coefficient (Wildman–Crippen LogP) is 0.455. The van der Waals surface area contributed by atoms with Crippen LogP contribution >= 0.6 is 0 Å². The predicted molar refractivity (Wildman–Crippen MR) is 44.0 cm³/mol. The van der Waals surface area contributed by atoms with E-state index in [4.69, 9.17) is 4.42 Å². The molecule has 0 unspecified atom stereocenters. The average Bonchev–Trinajstić information content (AvgIpc) is 2.08. The molecule has 4 heteroatoms. The van der Waals surface area contributed by atoms with E-state index in [-0.39, 0.29) is 11.5 Å². The van der Waals surface area contributed by atoms with E-state index in [1.807, 2.05) is 6.92 Å². The van der Waals surface area contributed by atoms with Gasteiger partial charge in [-0.3, -0.25) is 4.79 Å². The summed E-state index contributed by atoms with van der Waals surface area (Å²) in [7, 11) is 0. The summed E-state index contributed by atoms with van der Waals surface area (Å²) < 4.78 is 4.93. The molecule has 0 amide bonds. The van der Waals surface area contributed by atoms with Gasteiger partial charge in [0.25, 0.3) is 0 Å². The summed E-state index contributed by atoms with van der Waals surface area (Å²) in [6, 6.07) is 1.19. The molecule has 0 saturated carbocycles. The molecule has 0 bridgehead atoms. The van der Waals surface area contributed by atoms with Crippen LogP contribution in [-0.4, -0.2) is 11.7 Å². The van der Waals surface area contributed by atoms with Crippen LogP contribution in [0.1, 0.15) is 12.7 Å². The molecule has 0 atom stereocenters. The van der Waals surface area contributed by atoms with Crippen molar-refractivity contribution in [2.24, 2.45) is 0 Å². The maximum Gasteiger partial charge on any atom is 0.226 e. The molecule has 0 fully saturated rings. The van der Waals surface area contributed by atoms with Crippen molar-refractivity contribution in [3.05, 3.63) is 28.3 Å². The Hall–Kier alpha value is -1.29. The molecule has 66 valence electrons. The average molecular weight is 169 g/mol. The summed E-state index contributed by atoms with van der Waals surface area (Å²) in [6.07, 6.45) is 1.27. The lowest BCUT2D eigenvalue weighted by molar-refractivity contribution is 0.390. The first-order valence-electron chi connectivity index (χ1n) is 3.76. The minimum atomic E-state index is -0.408. The highest BCUT2D eigenvalue weighted by atomic mass is 16.4. The molecular weight excluding hydrogens is 158 g/mol. The second-order valence-corrected chi connectivity index (χ2v) is 2.34. The van der Waals surface area contributed by atoms with Crippen LogP contribution in [0.5, 0.6) is 5.75 Å². The fourth-order valence-electron chi connectivity index (χ4n) is 0.814. The lowest BCUT2D eigenvalue weighted by atomic mass is 10.3. The smallest absolute Gasteiger partial charge is 0.226 e. The first-order chi connectivity index (χ1) is 5.75. The second kappa shape index (κ2) is 3.92. The molecule has 12 heavy (non-hydrogen) atoms. The number of hydrogen-bond donors (Lipinski definition) is 2. The summed E-state index contributed by atoms with van der Waals surface area (Å²) in [5.74, 6) is -0.0252. The summed E-state index contributed by atoms with van der Waals surface area (Å²) in [6.45, 7) is 3.06. The molecule has 0 aromatic carbocycles. The van der Waals surface area contributed by atoms with Crippen molar-refractivity contribution in [3.63, 3.8) is 0 Å². The first-order valence-corrected chi connectivity index (χ1v) is 3.76. The largest absolute Gasteiger partial charge is 0.502 e. The van der Waals surface area contributed by atoms with Crippen molar-refractivity contribution >= 4 is 0 Å². The number of hydrogen-bond acceptors (Lipinski definition) is 4.